The normalized spacial score (nSPS) is 10.8. The zero-order chi connectivity index (χ0) is 11.7. The molecular formula is C10H10N2O3S. The molecule has 0 radical (unpaired) electrons. The summed E-state index contributed by atoms with van der Waals surface area (Å²) in [5.74, 6) is -0.908. The van der Waals surface area contributed by atoms with Crippen LogP contribution in [-0.4, -0.2) is 20.5 Å². The molecule has 0 aliphatic carbocycles. The van der Waals surface area contributed by atoms with Crippen LogP contribution in [-0.2, 0) is 11.2 Å². The van der Waals surface area contributed by atoms with Gasteiger partial charge in [-0.1, -0.05) is 0 Å². The lowest BCUT2D eigenvalue weighted by Gasteiger charge is -2.03. The molecule has 1 N–H and O–H groups in total. The number of thiazole rings is 1. The zero-order valence-corrected chi connectivity index (χ0v) is 9.45. The molecule has 0 amide bonds. The molecule has 0 spiro atoms. The predicted molar refractivity (Wildman–Crippen MR) is 60.0 cm³/mol. The number of aryl methyl sites for hydroxylation is 1. The fraction of sp³-hybridized carbons (Fsp3) is 0.300. The summed E-state index contributed by atoms with van der Waals surface area (Å²) < 4.78 is 1.45. The van der Waals surface area contributed by atoms with Gasteiger partial charge in [0.1, 0.15) is 0 Å². The Morgan fingerprint density at radius 1 is 1.62 bits per heavy atom. The molecule has 0 aliphatic rings. The van der Waals surface area contributed by atoms with Gasteiger partial charge in [0.15, 0.2) is 4.96 Å². The van der Waals surface area contributed by atoms with E-state index in [4.69, 9.17) is 5.11 Å². The topological polar surface area (TPSA) is 71.7 Å². The number of carboxylic acid groups (broad SMARTS) is 1. The lowest BCUT2D eigenvalue weighted by molar-refractivity contribution is -0.136. The van der Waals surface area contributed by atoms with Gasteiger partial charge in [0.05, 0.1) is 0 Å². The molecule has 0 bridgehead atoms. The highest BCUT2D eigenvalue weighted by atomic mass is 32.1. The maximum Gasteiger partial charge on any atom is 0.303 e. The number of aliphatic carboxylic acids is 1. The summed E-state index contributed by atoms with van der Waals surface area (Å²) in [5, 5.41) is 10.4. The molecule has 2 aromatic rings. The van der Waals surface area contributed by atoms with Gasteiger partial charge < -0.3 is 5.11 Å². The second-order valence-corrected chi connectivity index (χ2v) is 4.30. The molecule has 0 aliphatic heterocycles. The first-order valence-corrected chi connectivity index (χ1v) is 5.64. The van der Waals surface area contributed by atoms with E-state index in [1.165, 1.54) is 15.7 Å². The van der Waals surface area contributed by atoms with Crippen molar-refractivity contribution in [3.05, 3.63) is 33.2 Å². The molecule has 2 heterocycles. The molecule has 0 aromatic carbocycles. The first kappa shape index (κ1) is 10.8. The summed E-state index contributed by atoms with van der Waals surface area (Å²) in [7, 11) is 0. The number of nitrogens with zero attached hydrogens (tertiary/aromatic N) is 2. The Balaban J connectivity index is 2.51. The van der Waals surface area contributed by atoms with Crippen molar-refractivity contribution in [2.75, 3.05) is 0 Å². The standard InChI is InChI=1S/C10H10N2O3S/c1-6-7(2-3-8(13)14)9(15)12-4-5-16-10(12)11-6/h4-5H,2-3H2,1H3,(H,13,14). The van der Waals surface area contributed by atoms with Crippen LogP contribution in [0.3, 0.4) is 0 Å². The number of rotatable bonds is 3. The van der Waals surface area contributed by atoms with Crippen LogP contribution in [0, 0.1) is 6.92 Å². The molecule has 0 atom stereocenters. The highest BCUT2D eigenvalue weighted by Crippen LogP contribution is 2.10. The average Bonchev–Trinajstić information content (AvgIpc) is 2.64. The van der Waals surface area contributed by atoms with E-state index in [1.54, 1.807) is 18.5 Å². The molecule has 0 unspecified atom stereocenters. The number of hydrogen-bond acceptors (Lipinski definition) is 4. The van der Waals surface area contributed by atoms with Crippen LogP contribution in [0.15, 0.2) is 16.4 Å². The molecule has 84 valence electrons. The minimum absolute atomic E-state index is 0.0477. The van der Waals surface area contributed by atoms with Crippen LogP contribution < -0.4 is 5.56 Å². The van der Waals surface area contributed by atoms with E-state index in [0.29, 0.717) is 16.2 Å². The highest BCUT2D eigenvalue weighted by molar-refractivity contribution is 7.15. The van der Waals surface area contributed by atoms with Crippen LogP contribution in [0.2, 0.25) is 0 Å². The van der Waals surface area contributed by atoms with Crippen LogP contribution in [0.25, 0.3) is 4.96 Å². The van der Waals surface area contributed by atoms with E-state index in [0.717, 1.165) is 0 Å². The monoisotopic (exact) mass is 238 g/mol. The Hall–Kier alpha value is -1.69. The predicted octanol–water partition coefficient (Wildman–Crippen LogP) is 1.08. The minimum atomic E-state index is -0.908. The van der Waals surface area contributed by atoms with Gasteiger partial charge in [-0.15, -0.1) is 11.3 Å². The third-order valence-corrected chi connectivity index (χ3v) is 3.11. The van der Waals surface area contributed by atoms with Crippen molar-refractivity contribution in [1.29, 1.82) is 0 Å². The summed E-state index contributed by atoms with van der Waals surface area (Å²) in [5.41, 5.74) is 0.942. The number of carboxylic acids is 1. The van der Waals surface area contributed by atoms with Crippen molar-refractivity contribution < 1.29 is 9.90 Å². The zero-order valence-electron chi connectivity index (χ0n) is 8.64. The minimum Gasteiger partial charge on any atom is -0.481 e. The number of fused-ring (bicyclic) bond motifs is 1. The fourth-order valence-corrected chi connectivity index (χ4v) is 2.29. The molecule has 6 heteroatoms. The van der Waals surface area contributed by atoms with E-state index in [9.17, 15) is 9.59 Å². The summed E-state index contributed by atoms with van der Waals surface area (Å²) in [6.07, 6.45) is 1.83. The summed E-state index contributed by atoms with van der Waals surface area (Å²) in [6, 6.07) is 0. The van der Waals surface area contributed by atoms with Gasteiger partial charge in [0.2, 0.25) is 0 Å². The quantitative estimate of drug-likeness (QED) is 0.868. The lowest BCUT2D eigenvalue weighted by Crippen LogP contribution is -2.20. The van der Waals surface area contributed by atoms with Gasteiger partial charge in [0, 0.05) is 29.3 Å². The Morgan fingerprint density at radius 3 is 3.06 bits per heavy atom. The summed E-state index contributed by atoms with van der Waals surface area (Å²) in [6.45, 7) is 1.73. The Kier molecular flexibility index (Phi) is 2.74. The highest BCUT2D eigenvalue weighted by Gasteiger charge is 2.11. The third-order valence-electron chi connectivity index (χ3n) is 2.36. The van der Waals surface area contributed by atoms with Crippen molar-refractivity contribution >= 4 is 22.3 Å². The maximum absolute atomic E-state index is 12.0. The van der Waals surface area contributed by atoms with E-state index in [-0.39, 0.29) is 18.4 Å². The lowest BCUT2D eigenvalue weighted by atomic mass is 10.1. The number of hydrogen-bond donors (Lipinski definition) is 1. The smallest absolute Gasteiger partial charge is 0.303 e. The van der Waals surface area contributed by atoms with Crippen molar-refractivity contribution in [2.24, 2.45) is 0 Å². The SMILES string of the molecule is Cc1nc2sccn2c(=O)c1CCC(=O)O. The summed E-state index contributed by atoms with van der Waals surface area (Å²) >= 11 is 1.38. The third kappa shape index (κ3) is 1.83. The second-order valence-electron chi connectivity index (χ2n) is 3.43. The van der Waals surface area contributed by atoms with Crippen molar-refractivity contribution in [3.63, 3.8) is 0 Å². The second kappa shape index (κ2) is 4.05. The van der Waals surface area contributed by atoms with E-state index >= 15 is 0 Å². The Morgan fingerprint density at radius 2 is 2.38 bits per heavy atom. The summed E-state index contributed by atoms with van der Waals surface area (Å²) in [4.78, 5) is 27.3. The molecule has 2 rings (SSSR count). The van der Waals surface area contributed by atoms with Crippen LogP contribution in [0.5, 0.6) is 0 Å². The molecule has 0 saturated heterocycles. The van der Waals surface area contributed by atoms with Crippen LogP contribution in [0.1, 0.15) is 17.7 Å². The molecule has 16 heavy (non-hydrogen) atoms. The first-order chi connectivity index (χ1) is 7.59. The van der Waals surface area contributed by atoms with E-state index in [2.05, 4.69) is 4.98 Å². The van der Waals surface area contributed by atoms with E-state index < -0.39 is 5.97 Å². The van der Waals surface area contributed by atoms with Gasteiger partial charge in [-0.2, -0.15) is 0 Å². The van der Waals surface area contributed by atoms with Gasteiger partial charge >= 0.3 is 5.97 Å². The van der Waals surface area contributed by atoms with Crippen molar-refractivity contribution in [3.8, 4) is 0 Å². The van der Waals surface area contributed by atoms with Gasteiger partial charge in [-0.25, -0.2) is 4.98 Å². The Bertz CT molecular complexity index is 600. The number of aromatic nitrogens is 2. The van der Waals surface area contributed by atoms with Crippen molar-refractivity contribution in [2.45, 2.75) is 19.8 Å². The molecule has 2 aromatic heterocycles. The molecular weight excluding hydrogens is 228 g/mol. The van der Waals surface area contributed by atoms with Gasteiger partial charge in [-0.3, -0.25) is 14.0 Å². The maximum atomic E-state index is 12.0. The first-order valence-electron chi connectivity index (χ1n) is 4.76. The fourth-order valence-electron chi connectivity index (χ4n) is 1.54. The molecule has 0 saturated carbocycles. The van der Waals surface area contributed by atoms with Crippen LogP contribution in [0.4, 0.5) is 0 Å². The number of carbonyl (C=O) groups is 1. The van der Waals surface area contributed by atoms with Crippen LogP contribution >= 0.6 is 11.3 Å². The largest absolute Gasteiger partial charge is 0.481 e. The van der Waals surface area contributed by atoms with E-state index in [1.807, 2.05) is 0 Å². The molecule has 0 fully saturated rings. The molecule has 5 nitrogen and oxygen atoms in total. The van der Waals surface area contributed by atoms with Gasteiger partial charge in [0.25, 0.3) is 5.56 Å². The Labute approximate surface area is 95.0 Å². The average molecular weight is 238 g/mol. The van der Waals surface area contributed by atoms with Crippen molar-refractivity contribution in [1.82, 2.24) is 9.38 Å². The van der Waals surface area contributed by atoms with Gasteiger partial charge in [-0.05, 0) is 13.3 Å².